The molecule has 1 aromatic rings. The van der Waals surface area contributed by atoms with Crippen molar-refractivity contribution in [1.82, 2.24) is 10.3 Å². The molecule has 1 aromatic heterocycles. The summed E-state index contributed by atoms with van der Waals surface area (Å²) in [5.74, 6) is 2.93. The lowest BCUT2D eigenvalue weighted by Gasteiger charge is -2.19. The van der Waals surface area contributed by atoms with E-state index in [4.69, 9.17) is 0 Å². The summed E-state index contributed by atoms with van der Waals surface area (Å²) < 4.78 is 1.07. The Hall–Kier alpha value is -0.410. The molecule has 3 atom stereocenters. The molecular formula is C17H25BrN2. The van der Waals surface area contributed by atoms with Gasteiger partial charge in [-0.3, -0.25) is 4.98 Å². The minimum absolute atomic E-state index is 0.636. The van der Waals surface area contributed by atoms with Gasteiger partial charge in [-0.15, -0.1) is 0 Å². The molecule has 0 spiro atoms. The Kier molecular flexibility index (Phi) is 4.77. The normalized spacial score (nSPS) is 29.8. The number of fused-ring (bicyclic) bond motifs is 1. The molecule has 0 amide bonds. The Balaban J connectivity index is 1.65. The van der Waals surface area contributed by atoms with Crippen LogP contribution in [0, 0.1) is 17.8 Å². The standard InChI is InChI=1S/C17H25BrN2/c1-2-9-19-16(10-13-8-7-12(18)11-20-13)17-14-5-3-4-6-15(14)17/h7-8,11,14-17,19H,2-6,9-10H2,1H3. The average Bonchev–Trinajstić information content (AvgIpc) is 3.20. The third-order valence-electron chi connectivity index (χ3n) is 5.06. The summed E-state index contributed by atoms with van der Waals surface area (Å²) in [7, 11) is 0. The second-order valence-electron chi connectivity index (χ2n) is 6.42. The second-order valence-corrected chi connectivity index (χ2v) is 7.34. The minimum atomic E-state index is 0.636. The quantitative estimate of drug-likeness (QED) is 0.842. The number of hydrogen-bond acceptors (Lipinski definition) is 2. The molecular weight excluding hydrogens is 312 g/mol. The molecule has 0 bridgehead atoms. The van der Waals surface area contributed by atoms with E-state index in [1.165, 1.54) is 37.8 Å². The first-order chi connectivity index (χ1) is 9.79. The monoisotopic (exact) mass is 336 g/mol. The minimum Gasteiger partial charge on any atom is -0.313 e. The molecule has 0 radical (unpaired) electrons. The van der Waals surface area contributed by atoms with Crippen molar-refractivity contribution in [3.63, 3.8) is 0 Å². The number of nitrogens with one attached hydrogen (secondary N) is 1. The maximum absolute atomic E-state index is 4.57. The van der Waals surface area contributed by atoms with Crippen LogP contribution < -0.4 is 5.32 Å². The predicted molar refractivity (Wildman–Crippen MR) is 86.7 cm³/mol. The van der Waals surface area contributed by atoms with Gasteiger partial charge in [-0.05, 0) is 71.6 Å². The average molecular weight is 337 g/mol. The number of halogens is 1. The van der Waals surface area contributed by atoms with Crippen molar-refractivity contribution in [2.24, 2.45) is 17.8 Å². The summed E-state index contributed by atoms with van der Waals surface area (Å²) in [6.07, 6.45) is 10.1. The van der Waals surface area contributed by atoms with E-state index in [2.05, 4.69) is 45.3 Å². The number of aromatic nitrogens is 1. The maximum atomic E-state index is 4.57. The molecule has 0 saturated heterocycles. The highest BCUT2D eigenvalue weighted by molar-refractivity contribution is 9.10. The van der Waals surface area contributed by atoms with Crippen LogP contribution in [0.4, 0.5) is 0 Å². The van der Waals surface area contributed by atoms with Gasteiger partial charge in [-0.25, -0.2) is 0 Å². The molecule has 110 valence electrons. The van der Waals surface area contributed by atoms with Crippen LogP contribution in [-0.2, 0) is 6.42 Å². The van der Waals surface area contributed by atoms with Gasteiger partial charge in [-0.2, -0.15) is 0 Å². The van der Waals surface area contributed by atoms with Gasteiger partial charge < -0.3 is 5.32 Å². The highest BCUT2D eigenvalue weighted by Crippen LogP contribution is 2.57. The molecule has 1 N–H and O–H groups in total. The summed E-state index contributed by atoms with van der Waals surface area (Å²) >= 11 is 3.47. The van der Waals surface area contributed by atoms with E-state index in [-0.39, 0.29) is 0 Å². The summed E-state index contributed by atoms with van der Waals surface area (Å²) in [6.45, 7) is 3.39. The molecule has 2 aliphatic rings. The number of pyridine rings is 1. The van der Waals surface area contributed by atoms with E-state index >= 15 is 0 Å². The van der Waals surface area contributed by atoms with Crippen LogP contribution in [0.1, 0.15) is 44.7 Å². The van der Waals surface area contributed by atoms with Gasteiger partial charge in [0, 0.05) is 28.8 Å². The predicted octanol–water partition coefficient (Wildman–Crippen LogP) is 4.19. The van der Waals surface area contributed by atoms with Gasteiger partial charge >= 0.3 is 0 Å². The van der Waals surface area contributed by atoms with Crippen LogP contribution >= 0.6 is 15.9 Å². The van der Waals surface area contributed by atoms with Gasteiger partial charge in [-0.1, -0.05) is 19.8 Å². The molecule has 1 heterocycles. The first-order valence-electron chi connectivity index (χ1n) is 8.13. The van der Waals surface area contributed by atoms with Crippen LogP contribution in [0.15, 0.2) is 22.8 Å². The molecule has 2 aliphatic carbocycles. The Morgan fingerprint density at radius 3 is 2.65 bits per heavy atom. The summed E-state index contributed by atoms with van der Waals surface area (Å²) in [4.78, 5) is 4.57. The lowest BCUT2D eigenvalue weighted by molar-refractivity contribution is 0.425. The largest absolute Gasteiger partial charge is 0.313 e. The van der Waals surface area contributed by atoms with Gasteiger partial charge in [0.2, 0.25) is 0 Å². The SMILES string of the molecule is CCCNC(Cc1ccc(Br)cn1)C1C2CCCCC21. The Labute approximate surface area is 130 Å². The number of hydrogen-bond donors (Lipinski definition) is 1. The highest BCUT2D eigenvalue weighted by Gasteiger charge is 2.53. The van der Waals surface area contributed by atoms with E-state index in [9.17, 15) is 0 Å². The van der Waals surface area contributed by atoms with E-state index < -0.39 is 0 Å². The van der Waals surface area contributed by atoms with Crippen molar-refractivity contribution < 1.29 is 0 Å². The zero-order valence-corrected chi connectivity index (χ0v) is 13.9. The Morgan fingerprint density at radius 1 is 1.30 bits per heavy atom. The van der Waals surface area contributed by atoms with Crippen LogP contribution in [-0.4, -0.2) is 17.6 Å². The summed E-state index contributed by atoms with van der Waals surface area (Å²) in [5.41, 5.74) is 1.23. The molecule has 2 fully saturated rings. The lowest BCUT2D eigenvalue weighted by atomic mass is 10.0. The summed E-state index contributed by atoms with van der Waals surface area (Å²) in [6, 6.07) is 4.91. The topological polar surface area (TPSA) is 24.9 Å². The Morgan fingerprint density at radius 2 is 2.05 bits per heavy atom. The van der Waals surface area contributed by atoms with Gasteiger partial charge in [0.15, 0.2) is 0 Å². The van der Waals surface area contributed by atoms with Crippen LogP contribution in [0.3, 0.4) is 0 Å². The van der Waals surface area contributed by atoms with Gasteiger partial charge in [0.1, 0.15) is 0 Å². The molecule has 3 rings (SSSR count). The molecule has 0 aliphatic heterocycles. The van der Waals surface area contributed by atoms with Crippen molar-refractivity contribution in [3.8, 4) is 0 Å². The Bertz CT molecular complexity index is 419. The first-order valence-corrected chi connectivity index (χ1v) is 8.92. The van der Waals surface area contributed by atoms with Crippen LogP contribution in [0.25, 0.3) is 0 Å². The van der Waals surface area contributed by atoms with Crippen molar-refractivity contribution in [2.45, 2.75) is 51.5 Å². The molecule has 2 saturated carbocycles. The van der Waals surface area contributed by atoms with Gasteiger partial charge in [0.05, 0.1) is 0 Å². The summed E-state index contributed by atoms with van der Waals surface area (Å²) in [5, 5.41) is 3.80. The van der Waals surface area contributed by atoms with Crippen molar-refractivity contribution >= 4 is 15.9 Å². The fraction of sp³-hybridized carbons (Fsp3) is 0.706. The second kappa shape index (κ2) is 6.57. The maximum Gasteiger partial charge on any atom is 0.0420 e. The molecule has 2 nitrogen and oxygen atoms in total. The van der Waals surface area contributed by atoms with E-state index in [0.717, 1.165) is 35.2 Å². The number of nitrogens with zero attached hydrogens (tertiary/aromatic N) is 1. The fourth-order valence-corrected chi connectivity index (χ4v) is 4.31. The molecule has 3 unspecified atom stereocenters. The van der Waals surface area contributed by atoms with Crippen molar-refractivity contribution in [2.75, 3.05) is 6.54 Å². The molecule has 20 heavy (non-hydrogen) atoms. The third kappa shape index (κ3) is 3.25. The third-order valence-corrected chi connectivity index (χ3v) is 5.53. The first kappa shape index (κ1) is 14.5. The number of rotatable bonds is 6. The highest BCUT2D eigenvalue weighted by atomic mass is 79.9. The van der Waals surface area contributed by atoms with E-state index in [1.807, 2.05) is 6.20 Å². The van der Waals surface area contributed by atoms with Crippen LogP contribution in [0.2, 0.25) is 0 Å². The zero-order valence-electron chi connectivity index (χ0n) is 12.3. The van der Waals surface area contributed by atoms with Crippen molar-refractivity contribution in [1.29, 1.82) is 0 Å². The van der Waals surface area contributed by atoms with Crippen molar-refractivity contribution in [3.05, 3.63) is 28.5 Å². The lowest BCUT2D eigenvalue weighted by Crippen LogP contribution is -2.35. The molecule has 3 heteroatoms. The van der Waals surface area contributed by atoms with Crippen LogP contribution in [0.5, 0.6) is 0 Å². The zero-order chi connectivity index (χ0) is 13.9. The smallest absolute Gasteiger partial charge is 0.0420 e. The van der Waals surface area contributed by atoms with E-state index in [0.29, 0.717) is 6.04 Å². The fourth-order valence-electron chi connectivity index (χ4n) is 4.07. The molecule has 0 aromatic carbocycles. The van der Waals surface area contributed by atoms with E-state index in [1.54, 1.807) is 0 Å². The van der Waals surface area contributed by atoms with Gasteiger partial charge in [0.25, 0.3) is 0 Å².